The van der Waals surface area contributed by atoms with Gasteiger partial charge in [0.1, 0.15) is 11.4 Å². The minimum absolute atomic E-state index is 0.145. The van der Waals surface area contributed by atoms with Crippen molar-refractivity contribution in [1.29, 1.82) is 0 Å². The summed E-state index contributed by atoms with van der Waals surface area (Å²) in [5.41, 5.74) is 2.24. The summed E-state index contributed by atoms with van der Waals surface area (Å²) in [5, 5.41) is 3.06. The van der Waals surface area contributed by atoms with Crippen LogP contribution in [0.4, 0.5) is 0 Å². The summed E-state index contributed by atoms with van der Waals surface area (Å²) in [7, 11) is 3.03. The van der Waals surface area contributed by atoms with Crippen molar-refractivity contribution in [3.8, 4) is 5.75 Å². The third kappa shape index (κ3) is 4.87. The van der Waals surface area contributed by atoms with E-state index in [1.807, 2.05) is 60.7 Å². The molecule has 0 saturated carbocycles. The maximum atomic E-state index is 11.4. The molecule has 5 heteroatoms. The molecule has 0 spiro atoms. The molecule has 0 radical (unpaired) electrons. The van der Waals surface area contributed by atoms with Crippen LogP contribution in [0.1, 0.15) is 16.7 Å². The van der Waals surface area contributed by atoms with E-state index in [1.54, 1.807) is 7.11 Å². The lowest BCUT2D eigenvalue weighted by Crippen LogP contribution is -2.36. The lowest BCUT2D eigenvalue weighted by Gasteiger charge is -2.36. The number of carbonyl (C=O) groups excluding carboxylic acids is 1. The third-order valence-corrected chi connectivity index (χ3v) is 4.95. The summed E-state index contributed by atoms with van der Waals surface area (Å²) >= 11 is 0. The van der Waals surface area contributed by atoms with Crippen LogP contribution >= 0.6 is 0 Å². The highest BCUT2D eigenvalue weighted by atomic mass is 16.5. The first kappa shape index (κ1) is 21.6. The van der Waals surface area contributed by atoms with Crippen molar-refractivity contribution >= 4 is 5.97 Å². The number of hydrogen-bond acceptors (Lipinski definition) is 5. The number of hydrogen-bond donors (Lipinski definition) is 1. The normalized spacial score (nSPS) is 11.1. The maximum Gasteiger partial charge on any atom is 0.319 e. The first-order valence-corrected chi connectivity index (χ1v) is 9.88. The van der Waals surface area contributed by atoms with Gasteiger partial charge in [-0.25, -0.2) is 0 Å². The molecule has 0 atom stereocenters. The van der Waals surface area contributed by atoms with Crippen molar-refractivity contribution in [2.75, 3.05) is 33.9 Å². The van der Waals surface area contributed by atoms with Crippen molar-refractivity contribution in [3.63, 3.8) is 0 Å². The molecule has 0 heterocycles. The highest BCUT2D eigenvalue weighted by Gasteiger charge is 2.37. The summed E-state index contributed by atoms with van der Waals surface area (Å²) < 4.78 is 16.6. The molecule has 0 aromatic heterocycles. The summed E-state index contributed by atoms with van der Waals surface area (Å²) in [5.74, 6) is 0.482. The molecule has 0 aliphatic carbocycles. The number of methoxy groups -OCH3 is 2. The van der Waals surface area contributed by atoms with Gasteiger partial charge in [-0.3, -0.25) is 4.79 Å². The van der Waals surface area contributed by atoms with Gasteiger partial charge in [0.25, 0.3) is 0 Å². The minimum atomic E-state index is -0.804. The topological polar surface area (TPSA) is 56.8 Å². The van der Waals surface area contributed by atoms with Crippen LogP contribution in [0.15, 0.2) is 84.9 Å². The number of ether oxygens (including phenoxy) is 3. The summed E-state index contributed by atoms with van der Waals surface area (Å²) in [4.78, 5) is 11.4. The van der Waals surface area contributed by atoms with Crippen LogP contribution in [-0.2, 0) is 19.9 Å². The van der Waals surface area contributed by atoms with E-state index in [0.717, 1.165) is 22.4 Å². The SMILES string of the molecule is COC(=O)CNCCOC(c1ccccc1)(c1ccccc1)c1ccc(OC)cc1. The Morgan fingerprint density at radius 1 is 0.800 bits per heavy atom. The highest BCUT2D eigenvalue weighted by molar-refractivity contribution is 5.71. The Hall–Kier alpha value is -3.15. The second kappa shape index (κ2) is 10.6. The summed E-state index contributed by atoms with van der Waals surface area (Å²) in [6.45, 7) is 1.05. The van der Waals surface area contributed by atoms with Crippen molar-refractivity contribution in [3.05, 3.63) is 102 Å². The summed E-state index contributed by atoms with van der Waals surface area (Å²) in [6.07, 6.45) is 0. The standard InChI is InChI=1S/C25H27NO4/c1-28-23-15-13-22(14-16-23)25(20-9-5-3-6-10-20,21-11-7-4-8-12-21)30-18-17-26-19-24(27)29-2/h3-16,26H,17-19H2,1-2H3. The molecule has 3 rings (SSSR count). The molecule has 3 aromatic carbocycles. The van der Waals surface area contributed by atoms with E-state index in [-0.39, 0.29) is 12.5 Å². The molecule has 1 N–H and O–H groups in total. The average Bonchev–Trinajstić information content (AvgIpc) is 2.82. The first-order valence-electron chi connectivity index (χ1n) is 9.88. The van der Waals surface area contributed by atoms with Gasteiger partial charge in [0, 0.05) is 6.54 Å². The number of esters is 1. The molecular weight excluding hydrogens is 378 g/mol. The molecular formula is C25H27NO4. The molecule has 0 aliphatic rings. The van der Waals surface area contributed by atoms with Crippen LogP contribution in [-0.4, -0.2) is 39.9 Å². The van der Waals surface area contributed by atoms with Crippen LogP contribution < -0.4 is 10.1 Å². The van der Waals surface area contributed by atoms with Crippen molar-refractivity contribution in [2.24, 2.45) is 0 Å². The van der Waals surface area contributed by atoms with Gasteiger partial charge in [-0.1, -0.05) is 72.8 Å². The molecule has 0 amide bonds. The van der Waals surface area contributed by atoms with Gasteiger partial charge in [-0.2, -0.15) is 0 Å². The fraction of sp³-hybridized carbons (Fsp3) is 0.240. The fourth-order valence-corrected chi connectivity index (χ4v) is 3.46. The monoisotopic (exact) mass is 405 g/mol. The van der Waals surface area contributed by atoms with Crippen molar-refractivity contribution < 1.29 is 19.0 Å². The van der Waals surface area contributed by atoms with Crippen LogP contribution in [0.2, 0.25) is 0 Å². The zero-order valence-corrected chi connectivity index (χ0v) is 17.3. The molecule has 30 heavy (non-hydrogen) atoms. The van der Waals surface area contributed by atoms with E-state index >= 15 is 0 Å². The first-order chi connectivity index (χ1) is 14.7. The highest BCUT2D eigenvalue weighted by Crippen LogP contribution is 2.40. The van der Waals surface area contributed by atoms with Crippen molar-refractivity contribution in [2.45, 2.75) is 5.60 Å². The Morgan fingerprint density at radius 3 is 1.83 bits per heavy atom. The van der Waals surface area contributed by atoms with Crippen LogP contribution in [0, 0.1) is 0 Å². The van der Waals surface area contributed by atoms with E-state index in [0.29, 0.717) is 13.2 Å². The van der Waals surface area contributed by atoms with Gasteiger partial charge >= 0.3 is 5.97 Å². The van der Waals surface area contributed by atoms with E-state index in [4.69, 9.17) is 9.47 Å². The second-order valence-corrected chi connectivity index (χ2v) is 6.74. The smallest absolute Gasteiger partial charge is 0.319 e. The van der Waals surface area contributed by atoms with E-state index in [1.165, 1.54) is 7.11 Å². The van der Waals surface area contributed by atoms with E-state index < -0.39 is 5.60 Å². The lowest BCUT2D eigenvalue weighted by molar-refractivity contribution is -0.139. The predicted molar refractivity (Wildman–Crippen MR) is 117 cm³/mol. The van der Waals surface area contributed by atoms with Gasteiger partial charge in [-0.15, -0.1) is 0 Å². The summed E-state index contributed by atoms with van der Waals surface area (Å²) in [6, 6.07) is 28.2. The molecule has 0 aliphatic heterocycles. The molecule has 0 fully saturated rings. The van der Waals surface area contributed by atoms with Gasteiger partial charge in [-0.05, 0) is 28.8 Å². The van der Waals surface area contributed by atoms with Gasteiger partial charge in [0.15, 0.2) is 0 Å². The number of carbonyl (C=O) groups is 1. The van der Waals surface area contributed by atoms with Gasteiger partial charge < -0.3 is 19.5 Å². The maximum absolute atomic E-state index is 11.4. The number of benzene rings is 3. The average molecular weight is 405 g/mol. The second-order valence-electron chi connectivity index (χ2n) is 6.74. The van der Waals surface area contributed by atoms with Crippen LogP contribution in [0.3, 0.4) is 0 Å². The molecule has 0 unspecified atom stereocenters. The number of rotatable bonds is 10. The Labute approximate surface area is 177 Å². The van der Waals surface area contributed by atoms with Gasteiger partial charge in [0.05, 0.1) is 27.4 Å². The Balaban J connectivity index is 1.99. The zero-order chi connectivity index (χ0) is 21.2. The van der Waals surface area contributed by atoms with E-state index in [2.05, 4.69) is 34.3 Å². The van der Waals surface area contributed by atoms with E-state index in [9.17, 15) is 4.79 Å². The largest absolute Gasteiger partial charge is 0.497 e. The predicted octanol–water partition coefficient (Wildman–Crippen LogP) is 3.77. The fourth-order valence-electron chi connectivity index (χ4n) is 3.46. The van der Waals surface area contributed by atoms with Crippen LogP contribution in [0.25, 0.3) is 0 Å². The Morgan fingerprint density at radius 2 is 1.33 bits per heavy atom. The zero-order valence-electron chi connectivity index (χ0n) is 17.3. The Bertz CT molecular complexity index is 871. The quantitative estimate of drug-likeness (QED) is 0.316. The molecule has 0 saturated heterocycles. The van der Waals surface area contributed by atoms with Crippen molar-refractivity contribution in [1.82, 2.24) is 5.32 Å². The Kier molecular flexibility index (Phi) is 7.60. The third-order valence-electron chi connectivity index (χ3n) is 4.95. The van der Waals surface area contributed by atoms with Gasteiger partial charge in [0.2, 0.25) is 0 Å². The number of nitrogens with one attached hydrogen (secondary N) is 1. The molecule has 5 nitrogen and oxygen atoms in total. The molecule has 156 valence electrons. The minimum Gasteiger partial charge on any atom is -0.497 e. The lowest BCUT2D eigenvalue weighted by atomic mass is 9.80. The molecule has 0 bridgehead atoms. The van der Waals surface area contributed by atoms with Crippen LogP contribution in [0.5, 0.6) is 5.75 Å². The molecule has 3 aromatic rings.